The van der Waals surface area contributed by atoms with Gasteiger partial charge in [-0.15, -0.1) is 0 Å². The van der Waals surface area contributed by atoms with Crippen LogP contribution in [0.3, 0.4) is 0 Å². The first-order valence-electron chi connectivity index (χ1n) is 11.3. The molecule has 15 heteroatoms. The smallest absolute Gasteiger partial charge is 0.317 e. The van der Waals surface area contributed by atoms with E-state index in [0.29, 0.717) is 11.3 Å². The Bertz CT molecular complexity index is 1010. The van der Waals surface area contributed by atoms with Crippen LogP contribution in [0.15, 0.2) is 29.3 Å². The van der Waals surface area contributed by atoms with Gasteiger partial charge in [0.2, 0.25) is 0 Å². The molecular formula is C23H30N4O10S. The Kier molecular flexibility index (Phi) is 13.7. The van der Waals surface area contributed by atoms with Gasteiger partial charge in [0.1, 0.15) is 0 Å². The minimum absolute atomic E-state index is 0.0837. The van der Waals surface area contributed by atoms with E-state index < -0.39 is 74.7 Å². The molecule has 0 fully saturated rings. The van der Waals surface area contributed by atoms with Crippen molar-refractivity contribution < 1.29 is 49.5 Å². The number of carboxylic acids is 5. The quantitative estimate of drug-likeness (QED) is 0.113. The number of hydrogen-bond donors (Lipinski definition) is 5. The molecule has 0 aromatic heterocycles. The molecule has 2 atom stereocenters. The number of thiocarbonyl (C=S) groups is 1. The molecular weight excluding hydrogens is 524 g/mol. The first-order chi connectivity index (χ1) is 17.8. The van der Waals surface area contributed by atoms with Crippen LogP contribution >= 0.6 is 12.2 Å². The Morgan fingerprint density at radius 2 is 1.21 bits per heavy atom. The third-order valence-corrected chi connectivity index (χ3v) is 5.52. The van der Waals surface area contributed by atoms with E-state index in [1.165, 1.54) is 16.7 Å². The van der Waals surface area contributed by atoms with Gasteiger partial charge in [-0.25, -0.2) is 0 Å². The first-order valence-corrected chi connectivity index (χ1v) is 11.7. The molecule has 0 aliphatic rings. The summed E-state index contributed by atoms with van der Waals surface area (Å²) in [5, 5.41) is 48.8. The van der Waals surface area contributed by atoms with E-state index in [9.17, 15) is 39.3 Å². The molecule has 0 aliphatic heterocycles. The maximum absolute atomic E-state index is 11.6. The van der Waals surface area contributed by atoms with Gasteiger partial charge in [0.15, 0.2) is 0 Å². The number of rotatable bonds is 19. The maximum Gasteiger partial charge on any atom is 0.317 e. The van der Waals surface area contributed by atoms with Crippen LogP contribution < -0.4 is 0 Å². The second kappa shape index (κ2) is 16.2. The summed E-state index contributed by atoms with van der Waals surface area (Å²) in [5.74, 6) is -6.33. The lowest BCUT2D eigenvalue weighted by Crippen LogP contribution is -2.53. The first kappa shape index (κ1) is 32.3. The molecule has 1 aromatic carbocycles. The number of carbonyl (C=O) groups is 5. The minimum atomic E-state index is -1.28. The van der Waals surface area contributed by atoms with Crippen molar-refractivity contribution in [1.82, 2.24) is 14.7 Å². The minimum Gasteiger partial charge on any atom is -0.480 e. The second-order valence-electron chi connectivity index (χ2n) is 8.55. The summed E-state index contributed by atoms with van der Waals surface area (Å²) >= 11 is 4.57. The molecule has 0 radical (unpaired) electrons. The highest BCUT2D eigenvalue weighted by Crippen LogP contribution is 2.17. The van der Waals surface area contributed by atoms with Gasteiger partial charge in [-0.05, 0) is 43.3 Å². The lowest BCUT2D eigenvalue weighted by atomic mass is 10.0. The molecule has 0 saturated carbocycles. The summed E-state index contributed by atoms with van der Waals surface area (Å²) in [4.78, 5) is 64.7. The Morgan fingerprint density at radius 1 is 0.763 bits per heavy atom. The van der Waals surface area contributed by atoms with Crippen molar-refractivity contribution >= 4 is 52.9 Å². The Hall–Kier alpha value is -3.75. The maximum atomic E-state index is 11.6. The fourth-order valence-electron chi connectivity index (χ4n) is 3.90. The van der Waals surface area contributed by atoms with E-state index in [-0.39, 0.29) is 19.5 Å². The van der Waals surface area contributed by atoms with Gasteiger partial charge in [0, 0.05) is 25.2 Å². The van der Waals surface area contributed by atoms with Crippen molar-refractivity contribution in [1.29, 1.82) is 0 Å². The van der Waals surface area contributed by atoms with E-state index in [1.54, 1.807) is 24.3 Å². The zero-order valence-electron chi connectivity index (χ0n) is 20.6. The number of benzene rings is 1. The molecule has 0 unspecified atom stereocenters. The van der Waals surface area contributed by atoms with Gasteiger partial charge in [-0.3, -0.25) is 38.7 Å². The Morgan fingerprint density at radius 3 is 1.63 bits per heavy atom. The molecule has 0 aliphatic carbocycles. The second-order valence-corrected chi connectivity index (χ2v) is 8.73. The van der Waals surface area contributed by atoms with E-state index in [4.69, 9.17) is 10.2 Å². The van der Waals surface area contributed by atoms with Crippen molar-refractivity contribution in [2.45, 2.75) is 25.4 Å². The standard InChI is InChI=1S/C23H30N4O10S/c1-15(26(10-20(30)31)11-21(32)33)7-25(9-19(28)29)8-18(27(12-22(34)35)13-23(36)37)6-16-2-4-17(5-3-16)24-14-38/h2-5,15,18H,6-13H2,1H3,(H,28,29)(H,30,31)(H,32,33)(H,34,35)(H,36,37)/t15-,18-/m0/s1. The number of aliphatic carboxylic acids is 5. The van der Waals surface area contributed by atoms with E-state index in [1.807, 2.05) is 0 Å². The van der Waals surface area contributed by atoms with Gasteiger partial charge < -0.3 is 25.5 Å². The number of nitrogens with zero attached hydrogens (tertiary/aromatic N) is 4. The monoisotopic (exact) mass is 554 g/mol. The van der Waals surface area contributed by atoms with Crippen molar-refractivity contribution in [2.75, 3.05) is 45.8 Å². The van der Waals surface area contributed by atoms with Crippen LogP contribution in [0.2, 0.25) is 0 Å². The van der Waals surface area contributed by atoms with Crippen LogP contribution in [0.25, 0.3) is 0 Å². The molecule has 1 rings (SSSR count). The van der Waals surface area contributed by atoms with Gasteiger partial charge >= 0.3 is 29.8 Å². The van der Waals surface area contributed by atoms with Crippen molar-refractivity contribution in [2.24, 2.45) is 4.99 Å². The largest absolute Gasteiger partial charge is 0.480 e. The van der Waals surface area contributed by atoms with Gasteiger partial charge in [-0.2, -0.15) is 4.99 Å². The van der Waals surface area contributed by atoms with E-state index in [0.717, 1.165) is 4.90 Å². The summed E-state index contributed by atoms with van der Waals surface area (Å²) in [6, 6.07) is 5.13. The molecule has 38 heavy (non-hydrogen) atoms. The van der Waals surface area contributed by atoms with E-state index in [2.05, 4.69) is 22.4 Å². The molecule has 0 bridgehead atoms. The number of isothiocyanates is 1. The predicted molar refractivity (Wildman–Crippen MR) is 136 cm³/mol. The molecule has 0 amide bonds. The van der Waals surface area contributed by atoms with E-state index >= 15 is 0 Å². The summed E-state index contributed by atoms with van der Waals surface area (Å²) < 4.78 is 0. The fourth-order valence-corrected chi connectivity index (χ4v) is 4.00. The molecule has 5 N–H and O–H groups in total. The fraction of sp³-hybridized carbons (Fsp3) is 0.478. The molecule has 208 valence electrons. The lowest BCUT2D eigenvalue weighted by molar-refractivity contribution is -0.144. The van der Waals surface area contributed by atoms with Crippen LogP contribution in [0, 0.1) is 0 Å². The zero-order chi connectivity index (χ0) is 28.8. The molecule has 0 saturated heterocycles. The van der Waals surface area contributed by atoms with Gasteiger partial charge in [0.25, 0.3) is 0 Å². The Balaban J connectivity index is 3.33. The molecule has 14 nitrogen and oxygen atoms in total. The van der Waals surface area contributed by atoms with Crippen LogP contribution in [-0.4, -0.2) is 133 Å². The highest BCUT2D eigenvalue weighted by atomic mass is 32.1. The van der Waals surface area contributed by atoms with Crippen LogP contribution in [0.4, 0.5) is 5.69 Å². The van der Waals surface area contributed by atoms with Gasteiger partial charge in [0.05, 0.1) is 43.6 Å². The number of aliphatic imine (C=N–C) groups is 1. The molecule has 1 aromatic rings. The van der Waals surface area contributed by atoms with Crippen LogP contribution in [0.5, 0.6) is 0 Å². The lowest BCUT2D eigenvalue weighted by Gasteiger charge is -2.36. The summed E-state index contributed by atoms with van der Waals surface area (Å²) in [5.41, 5.74) is 1.20. The highest BCUT2D eigenvalue weighted by molar-refractivity contribution is 7.78. The molecule has 0 spiro atoms. The summed E-state index contributed by atoms with van der Waals surface area (Å²) in [7, 11) is 0. The van der Waals surface area contributed by atoms with Gasteiger partial charge in [-0.1, -0.05) is 12.1 Å². The van der Waals surface area contributed by atoms with Crippen molar-refractivity contribution in [3.8, 4) is 0 Å². The zero-order valence-corrected chi connectivity index (χ0v) is 21.4. The highest BCUT2D eigenvalue weighted by Gasteiger charge is 2.29. The number of carboxylic acid groups (broad SMARTS) is 5. The predicted octanol–water partition coefficient (Wildman–Crippen LogP) is 0.0495. The van der Waals surface area contributed by atoms with Crippen LogP contribution in [-0.2, 0) is 30.4 Å². The Labute approximate surface area is 223 Å². The normalized spacial score (nSPS) is 12.6. The van der Waals surface area contributed by atoms with Crippen molar-refractivity contribution in [3.63, 3.8) is 0 Å². The third kappa shape index (κ3) is 13.0. The average molecular weight is 555 g/mol. The number of hydrogen-bond acceptors (Lipinski definition) is 10. The summed E-state index contributed by atoms with van der Waals surface area (Å²) in [6.45, 7) is -1.65. The van der Waals surface area contributed by atoms with Crippen molar-refractivity contribution in [3.05, 3.63) is 29.8 Å². The summed E-state index contributed by atoms with van der Waals surface area (Å²) in [6.07, 6.45) is 0.139. The average Bonchev–Trinajstić information content (AvgIpc) is 2.77. The topological polar surface area (TPSA) is 209 Å². The SMILES string of the molecule is C[C@@H](CN(CC(=O)O)C[C@H](Cc1ccc(N=C=S)cc1)N(CC(=O)O)CC(=O)O)N(CC(=O)O)CC(=O)O. The third-order valence-electron chi connectivity index (χ3n) is 5.43. The van der Waals surface area contributed by atoms with Crippen LogP contribution in [0.1, 0.15) is 12.5 Å². The molecule has 0 heterocycles.